The molecule has 9 heteroatoms. The van der Waals surface area contributed by atoms with Gasteiger partial charge in [0.1, 0.15) is 0 Å². The first-order valence-corrected chi connectivity index (χ1v) is 9.42. The Labute approximate surface area is 159 Å². The number of aryl methyl sites for hydroxylation is 1. The van der Waals surface area contributed by atoms with E-state index in [1.807, 2.05) is 0 Å². The van der Waals surface area contributed by atoms with Gasteiger partial charge in [-0.1, -0.05) is 6.07 Å². The fourth-order valence-corrected chi connectivity index (χ4v) is 3.64. The molecule has 0 unspecified atom stereocenters. The quantitative estimate of drug-likeness (QED) is 0.557. The lowest BCUT2D eigenvalue weighted by molar-refractivity contribution is 0.0824. The SMILES string of the molecule is Cc1ccc(CNc2nsnc2Nc2cccc(C(=O)N(C)C)c2O)s1. The first kappa shape index (κ1) is 18.2. The average Bonchev–Trinajstić information content (AvgIpc) is 3.23. The van der Waals surface area contributed by atoms with Crippen molar-refractivity contribution < 1.29 is 9.90 Å². The molecule has 0 fully saturated rings. The third kappa shape index (κ3) is 3.94. The maximum atomic E-state index is 12.1. The molecule has 0 saturated heterocycles. The molecule has 0 aliphatic carbocycles. The van der Waals surface area contributed by atoms with Gasteiger partial charge in [-0.15, -0.1) is 11.3 Å². The van der Waals surface area contributed by atoms with E-state index in [0.29, 0.717) is 23.9 Å². The van der Waals surface area contributed by atoms with Crippen molar-refractivity contribution in [3.05, 3.63) is 45.6 Å². The molecule has 0 saturated carbocycles. The van der Waals surface area contributed by atoms with Gasteiger partial charge in [-0.05, 0) is 31.2 Å². The van der Waals surface area contributed by atoms with Crippen LogP contribution in [0.3, 0.4) is 0 Å². The van der Waals surface area contributed by atoms with Crippen molar-refractivity contribution in [2.45, 2.75) is 13.5 Å². The molecule has 2 aromatic heterocycles. The normalized spacial score (nSPS) is 10.6. The minimum Gasteiger partial charge on any atom is -0.505 e. The molecule has 3 aromatic rings. The predicted molar refractivity (Wildman–Crippen MR) is 106 cm³/mol. The van der Waals surface area contributed by atoms with Crippen molar-refractivity contribution in [1.82, 2.24) is 13.6 Å². The Balaban J connectivity index is 1.77. The zero-order valence-corrected chi connectivity index (χ0v) is 16.2. The number of rotatable bonds is 6. The number of nitrogens with one attached hydrogen (secondary N) is 2. The topological polar surface area (TPSA) is 90.4 Å². The van der Waals surface area contributed by atoms with Crippen LogP contribution in [0.4, 0.5) is 17.3 Å². The van der Waals surface area contributed by atoms with E-state index >= 15 is 0 Å². The summed E-state index contributed by atoms with van der Waals surface area (Å²) in [5.41, 5.74) is 0.632. The Hall–Kier alpha value is -2.65. The van der Waals surface area contributed by atoms with Crippen molar-refractivity contribution in [2.75, 3.05) is 24.7 Å². The molecule has 7 nitrogen and oxygen atoms in total. The molecule has 1 amide bonds. The van der Waals surface area contributed by atoms with Crippen LogP contribution in [0.1, 0.15) is 20.1 Å². The van der Waals surface area contributed by atoms with Gasteiger partial charge in [0.05, 0.1) is 29.5 Å². The van der Waals surface area contributed by atoms with E-state index < -0.39 is 0 Å². The maximum absolute atomic E-state index is 12.1. The van der Waals surface area contributed by atoms with Crippen LogP contribution in [0.15, 0.2) is 30.3 Å². The number of aromatic hydroxyl groups is 1. The number of para-hydroxylation sites is 1. The van der Waals surface area contributed by atoms with E-state index in [4.69, 9.17) is 0 Å². The molecule has 0 spiro atoms. The number of anilines is 3. The van der Waals surface area contributed by atoms with Crippen LogP contribution in [0.5, 0.6) is 5.75 Å². The molecule has 136 valence electrons. The molecule has 0 aliphatic rings. The van der Waals surface area contributed by atoms with Crippen LogP contribution in [0.2, 0.25) is 0 Å². The Morgan fingerprint density at radius 3 is 2.65 bits per heavy atom. The Morgan fingerprint density at radius 2 is 1.96 bits per heavy atom. The average molecular weight is 390 g/mol. The minimum absolute atomic E-state index is 0.112. The molecular formula is C17H19N5O2S2. The van der Waals surface area contributed by atoms with Crippen LogP contribution in [0.25, 0.3) is 0 Å². The van der Waals surface area contributed by atoms with Crippen molar-refractivity contribution in [3.8, 4) is 5.75 Å². The summed E-state index contributed by atoms with van der Waals surface area (Å²) in [6, 6.07) is 9.13. The third-order valence-electron chi connectivity index (χ3n) is 3.64. The summed E-state index contributed by atoms with van der Waals surface area (Å²) in [4.78, 5) is 16.0. The van der Waals surface area contributed by atoms with E-state index in [1.54, 1.807) is 43.6 Å². The molecule has 0 aliphatic heterocycles. The Bertz CT molecular complexity index is 920. The summed E-state index contributed by atoms with van der Waals surface area (Å²) < 4.78 is 8.49. The van der Waals surface area contributed by atoms with E-state index in [9.17, 15) is 9.90 Å². The van der Waals surface area contributed by atoms with Gasteiger partial charge in [0, 0.05) is 23.8 Å². The number of hydrogen-bond donors (Lipinski definition) is 3. The third-order valence-corrected chi connectivity index (χ3v) is 5.17. The molecule has 0 radical (unpaired) electrons. The highest BCUT2D eigenvalue weighted by molar-refractivity contribution is 7.11. The van der Waals surface area contributed by atoms with Gasteiger partial charge in [-0.2, -0.15) is 8.75 Å². The molecule has 3 N–H and O–H groups in total. The molecule has 1 aromatic carbocycles. The molecule has 0 atom stereocenters. The first-order valence-electron chi connectivity index (χ1n) is 7.88. The summed E-state index contributed by atoms with van der Waals surface area (Å²) in [6.45, 7) is 2.71. The largest absolute Gasteiger partial charge is 0.505 e. The number of carbonyl (C=O) groups excluding carboxylic acids is 1. The monoisotopic (exact) mass is 389 g/mol. The van der Waals surface area contributed by atoms with Crippen LogP contribution in [-0.4, -0.2) is 38.8 Å². The highest BCUT2D eigenvalue weighted by atomic mass is 32.1. The van der Waals surface area contributed by atoms with Crippen molar-refractivity contribution >= 4 is 46.3 Å². The van der Waals surface area contributed by atoms with E-state index in [-0.39, 0.29) is 17.2 Å². The number of aromatic nitrogens is 2. The number of phenolic OH excluding ortho intramolecular Hbond substituents is 1. The van der Waals surface area contributed by atoms with Gasteiger partial charge in [-0.3, -0.25) is 4.79 Å². The summed E-state index contributed by atoms with van der Waals surface area (Å²) in [5.74, 6) is 0.728. The van der Waals surface area contributed by atoms with Crippen LogP contribution < -0.4 is 10.6 Å². The van der Waals surface area contributed by atoms with Crippen molar-refractivity contribution in [2.24, 2.45) is 0 Å². The van der Waals surface area contributed by atoms with Crippen LogP contribution >= 0.6 is 23.1 Å². The molecular weight excluding hydrogens is 370 g/mol. The standard InChI is InChI=1S/C17H19N5O2S2/c1-10-7-8-11(25-10)9-18-15-16(21-26-20-15)19-13-6-4-5-12(14(13)23)17(24)22(2)3/h4-8,23H,9H2,1-3H3,(H,18,20)(H,19,21). The number of amides is 1. The molecule has 3 rings (SSSR count). The van der Waals surface area contributed by atoms with Gasteiger partial charge in [0.25, 0.3) is 5.91 Å². The highest BCUT2D eigenvalue weighted by Crippen LogP contribution is 2.32. The lowest BCUT2D eigenvalue weighted by atomic mass is 10.1. The second-order valence-electron chi connectivity index (χ2n) is 5.85. The summed E-state index contributed by atoms with van der Waals surface area (Å²) in [5, 5.41) is 16.7. The lowest BCUT2D eigenvalue weighted by Crippen LogP contribution is -2.21. The number of thiophene rings is 1. The Morgan fingerprint density at radius 1 is 1.19 bits per heavy atom. The van der Waals surface area contributed by atoms with E-state index in [1.165, 1.54) is 14.7 Å². The lowest BCUT2D eigenvalue weighted by Gasteiger charge is -2.14. The van der Waals surface area contributed by atoms with Gasteiger partial charge in [-0.25, -0.2) is 0 Å². The summed E-state index contributed by atoms with van der Waals surface area (Å²) in [7, 11) is 3.28. The van der Waals surface area contributed by atoms with Gasteiger partial charge in [0.15, 0.2) is 17.4 Å². The first-order chi connectivity index (χ1) is 12.5. The van der Waals surface area contributed by atoms with Crippen molar-refractivity contribution in [3.63, 3.8) is 0 Å². The fraction of sp³-hybridized carbons (Fsp3) is 0.235. The molecule has 0 bridgehead atoms. The zero-order valence-electron chi connectivity index (χ0n) is 14.6. The number of hydrogen-bond acceptors (Lipinski definition) is 8. The predicted octanol–water partition coefficient (Wildman–Crippen LogP) is 3.67. The second-order valence-corrected chi connectivity index (χ2v) is 7.75. The zero-order chi connectivity index (χ0) is 18.7. The number of nitrogens with zero attached hydrogens (tertiary/aromatic N) is 3. The van der Waals surface area contributed by atoms with E-state index in [0.717, 1.165) is 11.7 Å². The molecule has 26 heavy (non-hydrogen) atoms. The highest BCUT2D eigenvalue weighted by Gasteiger charge is 2.17. The van der Waals surface area contributed by atoms with E-state index in [2.05, 4.69) is 38.4 Å². The van der Waals surface area contributed by atoms with Gasteiger partial charge < -0.3 is 20.6 Å². The number of phenols is 1. The summed E-state index contributed by atoms with van der Waals surface area (Å²) in [6.07, 6.45) is 0. The Kier molecular flexibility index (Phi) is 5.38. The fourth-order valence-electron chi connectivity index (χ4n) is 2.32. The second kappa shape index (κ2) is 7.71. The smallest absolute Gasteiger partial charge is 0.257 e. The van der Waals surface area contributed by atoms with Crippen LogP contribution in [0, 0.1) is 6.92 Å². The molecule has 2 heterocycles. The number of carbonyl (C=O) groups is 1. The number of benzene rings is 1. The summed E-state index contributed by atoms with van der Waals surface area (Å²) >= 11 is 2.79. The maximum Gasteiger partial charge on any atom is 0.257 e. The minimum atomic E-state index is -0.269. The van der Waals surface area contributed by atoms with Crippen molar-refractivity contribution in [1.29, 1.82) is 0 Å². The van der Waals surface area contributed by atoms with Gasteiger partial charge in [0.2, 0.25) is 0 Å². The van der Waals surface area contributed by atoms with Crippen LogP contribution in [-0.2, 0) is 6.54 Å². The van der Waals surface area contributed by atoms with Gasteiger partial charge >= 0.3 is 0 Å².